The van der Waals surface area contributed by atoms with Gasteiger partial charge in [-0.05, 0) is 38.3 Å². The molecule has 1 aromatic carbocycles. The van der Waals surface area contributed by atoms with Crippen LogP contribution in [0.5, 0.6) is 0 Å². The summed E-state index contributed by atoms with van der Waals surface area (Å²) in [5.74, 6) is 0. The molecule has 0 radical (unpaired) electrons. The Kier molecular flexibility index (Phi) is 3.90. The largest absolute Gasteiger partial charge is 0.309 e. The van der Waals surface area contributed by atoms with Gasteiger partial charge in [-0.2, -0.15) is 0 Å². The van der Waals surface area contributed by atoms with Crippen molar-refractivity contribution < 1.29 is 0 Å². The zero-order valence-corrected chi connectivity index (χ0v) is 13.0. The van der Waals surface area contributed by atoms with Gasteiger partial charge in [0.2, 0.25) is 0 Å². The van der Waals surface area contributed by atoms with E-state index in [1.54, 1.807) is 0 Å². The summed E-state index contributed by atoms with van der Waals surface area (Å²) in [7, 11) is 0. The van der Waals surface area contributed by atoms with Gasteiger partial charge in [-0.1, -0.05) is 37.3 Å². The normalized spacial score (nSPS) is 17.9. The molecule has 1 aromatic heterocycles. The lowest BCUT2D eigenvalue weighted by Gasteiger charge is -2.13. The molecule has 0 aliphatic heterocycles. The van der Waals surface area contributed by atoms with Crippen LogP contribution in [0.25, 0.3) is 0 Å². The molecule has 2 aromatic rings. The first kappa shape index (κ1) is 13.8. The maximum absolute atomic E-state index is 4.93. The van der Waals surface area contributed by atoms with Crippen LogP contribution in [0.3, 0.4) is 0 Å². The molecule has 1 aliphatic carbocycles. The Bertz CT molecular complexity index is 557. The third kappa shape index (κ3) is 2.52. The van der Waals surface area contributed by atoms with Crippen LogP contribution in [0, 0.1) is 0 Å². The van der Waals surface area contributed by atoms with E-state index in [4.69, 9.17) is 4.98 Å². The molecule has 1 fully saturated rings. The van der Waals surface area contributed by atoms with E-state index in [9.17, 15) is 0 Å². The Balaban J connectivity index is 1.80. The number of aromatic nitrogens is 1. The Hall–Kier alpha value is -1.19. The Morgan fingerprint density at radius 2 is 2.05 bits per heavy atom. The van der Waals surface area contributed by atoms with Crippen molar-refractivity contribution in [1.29, 1.82) is 0 Å². The summed E-state index contributed by atoms with van der Waals surface area (Å²) in [4.78, 5) is 4.93. The van der Waals surface area contributed by atoms with Crippen LogP contribution in [-0.4, -0.2) is 11.5 Å². The average Bonchev–Trinajstić information content (AvgIpc) is 3.16. The van der Waals surface area contributed by atoms with E-state index >= 15 is 0 Å². The minimum atomic E-state index is 0.217. The summed E-state index contributed by atoms with van der Waals surface area (Å²) >= 11 is 1.82. The van der Waals surface area contributed by atoms with Gasteiger partial charge in [0, 0.05) is 16.8 Å². The monoisotopic (exact) mass is 286 g/mol. The highest BCUT2D eigenvalue weighted by Gasteiger charge is 2.48. The van der Waals surface area contributed by atoms with Crippen LogP contribution in [-0.2, 0) is 5.41 Å². The molecular weight excluding hydrogens is 264 g/mol. The van der Waals surface area contributed by atoms with Crippen LogP contribution >= 0.6 is 11.3 Å². The van der Waals surface area contributed by atoms with E-state index < -0.39 is 0 Å². The zero-order chi connectivity index (χ0) is 14.0. The molecule has 0 spiro atoms. The van der Waals surface area contributed by atoms with Crippen LogP contribution in [0.1, 0.15) is 55.4 Å². The summed E-state index contributed by atoms with van der Waals surface area (Å²) in [6.07, 6.45) is 3.64. The molecule has 0 amide bonds. The van der Waals surface area contributed by atoms with Crippen molar-refractivity contribution in [3.05, 3.63) is 52.0 Å². The molecule has 1 unspecified atom stereocenters. The fourth-order valence-corrected chi connectivity index (χ4v) is 3.87. The summed E-state index contributed by atoms with van der Waals surface area (Å²) in [6, 6.07) is 11.2. The Morgan fingerprint density at radius 1 is 1.30 bits per heavy atom. The van der Waals surface area contributed by atoms with Crippen LogP contribution < -0.4 is 5.32 Å². The molecule has 1 aliphatic rings. The SMILES string of the molecule is CCCNC(C)c1csc(C2(c3ccccc3)CC2)n1. The smallest absolute Gasteiger partial charge is 0.103 e. The molecule has 0 saturated heterocycles. The molecule has 106 valence electrons. The molecule has 1 N–H and O–H groups in total. The van der Waals surface area contributed by atoms with Crippen LogP contribution in [0.2, 0.25) is 0 Å². The maximum atomic E-state index is 4.93. The van der Waals surface area contributed by atoms with Crippen molar-refractivity contribution in [3.8, 4) is 0 Å². The molecular formula is C17H22N2S. The van der Waals surface area contributed by atoms with Gasteiger partial charge in [0.15, 0.2) is 0 Å². The zero-order valence-electron chi connectivity index (χ0n) is 12.2. The van der Waals surface area contributed by atoms with Crippen LogP contribution in [0.15, 0.2) is 35.7 Å². The van der Waals surface area contributed by atoms with Gasteiger partial charge in [-0.3, -0.25) is 0 Å². The van der Waals surface area contributed by atoms with Gasteiger partial charge in [-0.25, -0.2) is 4.98 Å². The fraction of sp³-hybridized carbons (Fsp3) is 0.471. The highest BCUT2D eigenvalue weighted by Crippen LogP contribution is 2.54. The molecule has 20 heavy (non-hydrogen) atoms. The predicted octanol–water partition coefficient (Wildman–Crippen LogP) is 4.28. The molecule has 1 saturated carbocycles. The first-order chi connectivity index (χ1) is 9.76. The standard InChI is InChI=1S/C17H22N2S/c1-3-11-18-13(2)15-12-20-16(19-15)17(9-10-17)14-7-5-4-6-8-14/h4-8,12-13,18H,3,9-11H2,1-2H3. The number of hydrogen-bond acceptors (Lipinski definition) is 3. The Morgan fingerprint density at radius 3 is 2.70 bits per heavy atom. The highest BCUT2D eigenvalue weighted by atomic mass is 32.1. The van der Waals surface area contributed by atoms with Crippen molar-refractivity contribution >= 4 is 11.3 Å². The summed E-state index contributed by atoms with van der Waals surface area (Å²) < 4.78 is 0. The van der Waals surface area contributed by atoms with Crippen molar-refractivity contribution in [2.75, 3.05) is 6.54 Å². The van der Waals surface area contributed by atoms with E-state index in [1.807, 2.05) is 11.3 Å². The molecule has 1 heterocycles. The molecule has 0 bridgehead atoms. The lowest BCUT2D eigenvalue weighted by atomic mass is 9.97. The first-order valence-corrected chi connectivity index (χ1v) is 8.39. The number of nitrogens with zero attached hydrogens (tertiary/aromatic N) is 1. The number of nitrogens with one attached hydrogen (secondary N) is 1. The molecule has 3 heteroatoms. The molecule has 1 atom stereocenters. The second kappa shape index (κ2) is 5.66. The summed E-state index contributed by atoms with van der Waals surface area (Å²) in [5, 5.41) is 7.04. The number of rotatable bonds is 6. The van der Waals surface area contributed by atoms with Crippen molar-refractivity contribution in [1.82, 2.24) is 10.3 Å². The lowest BCUT2D eigenvalue weighted by molar-refractivity contribution is 0.558. The van der Waals surface area contributed by atoms with Gasteiger partial charge in [-0.15, -0.1) is 11.3 Å². The van der Waals surface area contributed by atoms with E-state index in [0.717, 1.165) is 13.0 Å². The fourth-order valence-electron chi connectivity index (χ4n) is 2.68. The van der Waals surface area contributed by atoms with E-state index in [2.05, 4.69) is 54.9 Å². The highest BCUT2D eigenvalue weighted by molar-refractivity contribution is 7.09. The first-order valence-electron chi connectivity index (χ1n) is 7.51. The van der Waals surface area contributed by atoms with Crippen molar-refractivity contribution in [3.63, 3.8) is 0 Å². The van der Waals surface area contributed by atoms with Gasteiger partial charge in [0.25, 0.3) is 0 Å². The third-order valence-electron chi connectivity index (χ3n) is 4.15. The van der Waals surface area contributed by atoms with Crippen LogP contribution in [0.4, 0.5) is 0 Å². The summed E-state index contributed by atoms with van der Waals surface area (Å²) in [5.41, 5.74) is 2.84. The quantitative estimate of drug-likeness (QED) is 0.857. The van der Waals surface area contributed by atoms with E-state index in [1.165, 1.54) is 29.1 Å². The number of benzene rings is 1. The van der Waals surface area contributed by atoms with E-state index in [-0.39, 0.29) is 5.41 Å². The second-order valence-corrected chi connectivity index (χ2v) is 6.56. The molecule has 2 nitrogen and oxygen atoms in total. The minimum Gasteiger partial charge on any atom is -0.309 e. The third-order valence-corrected chi connectivity index (χ3v) is 5.22. The summed E-state index contributed by atoms with van der Waals surface area (Å²) in [6.45, 7) is 5.45. The maximum Gasteiger partial charge on any atom is 0.103 e. The van der Waals surface area contributed by atoms with Gasteiger partial charge < -0.3 is 5.32 Å². The van der Waals surface area contributed by atoms with Gasteiger partial charge in [0.05, 0.1) is 5.69 Å². The predicted molar refractivity (Wildman–Crippen MR) is 85.3 cm³/mol. The van der Waals surface area contributed by atoms with E-state index in [0.29, 0.717) is 6.04 Å². The van der Waals surface area contributed by atoms with Crippen molar-refractivity contribution in [2.24, 2.45) is 0 Å². The molecule has 3 rings (SSSR count). The minimum absolute atomic E-state index is 0.217. The second-order valence-electron chi connectivity index (χ2n) is 5.70. The topological polar surface area (TPSA) is 24.9 Å². The number of hydrogen-bond donors (Lipinski definition) is 1. The Labute approximate surface area is 125 Å². The lowest BCUT2D eigenvalue weighted by Crippen LogP contribution is -2.20. The average molecular weight is 286 g/mol. The van der Waals surface area contributed by atoms with Gasteiger partial charge in [0.1, 0.15) is 5.01 Å². The van der Waals surface area contributed by atoms with Crippen molar-refractivity contribution in [2.45, 2.75) is 44.6 Å². The van der Waals surface area contributed by atoms with Gasteiger partial charge >= 0.3 is 0 Å². The number of thiazole rings is 1.